The number of rotatable bonds is 3. The minimum atomic E-state index is -4.58. The molecule has 24 heavy (non-hydrogen) atoms. The molecule has 1 aromatic rings. The van der Waals surface area contributed by atoms with Gasteiger partial charge in [-0.25, -0.2) is 4.98 Å². The zero-order valence-electron chi connectivity index (χ0n) is 13.0. The largest absolute Gasteiger partial charge is 0.417 e. The molecule has 1 amide bonds. The fraction of sp³-hybridized carbons (Fsp3) is 0.533. The molecule has 2 N–H and O–H groups in total. The summed E-state index contributed by atoms with van der Waals surface area (Å²) in [4.78, 5) is 16.6. The number of alkyl halides is 3. The third kappa shape index (κ3) is 3.94. The topological polar surface area (TPSA) is 89.2 Å². The fourth-order valence-electron chi connectivity index (χ4n) is 2.78. The van der Waals surface area contributed by atoms with Crippen LogP contribution in [0.25, 0.3) is 0 Å². The van der Waals surface area contributed by atoms with Crippen LogP contribution in [-0.4, -0.2) is 41.7 Å². The fourth-order valence-corrected chi connectivity index (χ4v) is 2.78. The van der Waals surface area contributed by atoms with Crippen molar-refractivity contribution in [1.29, 1.82) is 5.26 Å². The lowest BCUT2D eigenvalue weighted by atomic mass is 9.89. The Bertz CT molecular complexity index is 672. The van der Waals surface area contributed by atoms with Gasteiger partial charge >= 0.3 is 6.18 Å². The molecule has 0 aromatic carbocycles. The molecule has 1 aliphatic heterocycles. The Kier molecular flexibility index (Phi) is 4.99. The third-order valence-corrected chi connectivity index (χ3v) is 3.97. The molecule has 0 saturated carbocycles. The summed E-state index contributed by atoms with van der Waals surface area (Å²) < 4.78 is 38.7. The molecule has 1 atom stereocenters. The summed E-state index contributed by atoms with van der Waals surface area (Å²) in [6.45, 7) is 0.325. The van der Waals surface area contributed by atoms with E-state index in [2.05, 4.69) is 10.3 Å². The number of nitriles is 1. The summed E-state index contributed by atoms with van der Waals surface area (Å²) in [6, 6.07) is 2.63. The number of halogens is 3. The Balaban J connectivity index is 2.33. The summed E-state index contributed by atoms with van der Waals surface area (Å²) in [7, 11) is 1.44. The normalized spacial score (nSPS) is 21.2. The maximum absolute atomic E-state index is 12.9. The zero-order chi connectivity index (χ0) is 18.0. The van der Waals surface area contributed by atoms with Crippen LogP contribution in [-0.2, 0) is 11.0 Å². The van der Waals surface area contributed by atoms with Crippen molar-refractivity contribution in [1.82, 2.24) is 10.3 Å². The molecule has 0 spiro atoms. The molecule has 1 saturated heterocycles. The van der Waals surface area contributed by atoms with E-state index in [1.807, 2.05) is 0 Å². The molecular weight excluding hydrogens is 325 g/mol. The van der Waals surface area contributed by atoms with Gasteiger partial charge in [0.15, 0.2) is 5.69 Å². The molecular formula is C15H17F3N4O2. The van der Waals surface area contributed by atoms with Gasteiger partial charge in [0.1, 0.15) is 6.07 Å². The van der Waals surface area contributed by atoms with Crippen LogP contribution in [0.2, 0.25) is 0 Å². The molecule has 130 valence electrons. The highest BCUT2D eigenvalue weighted by molar-refractivity contribution is 5.77. The van der Waals surface area contributed by atoms with E-state index in [9.17, 15) is 23.1 Å². The van der Waals surface area contributed by atoms with E-state index < -0.39 is 17.3 Å². The highest BCUT2D eigenvalue weighted by atomic mass is 19.4. The van der Waals surface area contributed by atoms with Gasteiger partial charge in [-0.15, -0.1) is 0 Å². The van der Waals surface area contributed by atoms with E-state index in [0.717, 1.165) is 6.07 Å². The Morgan fingerprint density at radius 2 is 2.29 bits per heavy atom. The first-order chi connectivity index (χ1) is 11.2. The standard InChI is InChI=1S/C15H17F3N4O2/c1-20-13(23)6-14(24)3-2-4-22(9-14)12-5-10(15(16,17)18)8-21-11(12)7-19/h5,8,24H,2-4,6,9H2,1H3,(H,20,23). The highest BCUT2D eigenvalue weighted by Gasteiger charge is 2.37. The SMILES string of the molecule is CNC(=O)CC1(O)CCCN(c2cc(C(F)(F)F)cnc2C#N)C1. The quantitative estimate of drug-likeness (QED) is 0.868. The lowest BCUT2D eigenvalue weighted by Gasteiger charge is -2.40. The van der Waals surface area contributed by atoms with E-state index in [0.29, 0.717) is 25.6 Å². The number of pyridine rings is 1. The minimum Gasteiger partial charge on any atom is -0.388 e. The number of anilines is 1. The average Bonchev–Trinajstić information content (AvgIpc) is 2.52. The van der Waals surface area contributed by atoms with Crippen molar-refractivity contribution in [3.05, 3.63) is 23.5 Å². The van der Waals surface area contributed by atoms with Crippen molar-refractivity contribution in [3.8, 4) is 6.07 Å². The summed E-state index contributed by atoms with van der Waals surface area (Å²) in [6.07, 6.45) is -3.29. The lowest BCUT2D eigenvalue weighted by molar-refractivity contribution is -0.137. The van der Waals surface area contributed by atoms with Crippen molar-refractivity contribution in [2.45, 2.75) is 31.0 Å². The number of piperidine rings is 1. The number of hydrogen-bond acceptors (Lipinski definition) is 5. The predicted molar refractivity (Wildman–Crippen MR) is 79.0 cm³/mol. The van der Waals surface area contributed by atoms with Crippen molar-refractivity contribution in [2.24, 2.45) is 0 Å². The number of amides is 1. The summed E-state index contributed by atoms with van der Waals surface area (Å²) in [5.74, 6) is -0.359. The molecule has 2 rings (SSSR count). The van der Waals surface area contributed by atoms with Gasteiger partial charge in [0.2, 0.25) is 5.91 Å². The number of carbonyl (C=O) groups is 1. The number of carbonyl (C=O) groups excluding carboxylic acids is 1. The average molecular weight is 342 g/mol. The number of nitrogens with zero attached hydrogens (tertiary/aromatic N) is 3. The molecule has 2 heterocycles. The smallest absolute Gasteiger partial charge is 0.388 e. The Labute approximate surface area is 136 Å². The molecule has 1 fully saturated rings. The summed E-state index contributed by atoms with van der Waals surface area (Å²) in [5.41, 5.74) is -2.45. The molecule has 1 aliphatic rings. The van der Waals surface area contributed by atoms with Crippen molar-refractivity contribution in [3.63, 3.8) is 0 Å². The maximum Gasteiger partial charge on any atom is 0.417 e. The van der Waals surface area contributed by atoms with Gasteiger partial charge in [-0.3, -0.25) is 4.79 Å². The first-order valence-corrected chi connectivity index (χ1v) is 7.34. The van der Waals surface area contributed by atoms with E-state index in [-0.39, 0.29) is 30.3 Å². The van der Waals surface area contributed by atoms with Crippen LogP contribution in [0.3, 0.4) is 0 Å². The molecule has 0 bridgehead atoms. The second-order valence-corrected chi connectivity index (χ2v) is 5.80. The van der Waals surface area contributed by atoms with Crippen LogP contribution in [0, 0.1) is 11.3 Å². The van der Waals surface area contributed by atoms with E-state index in [1.54, 1.807) is 6.07 Å². The predicted octanol–water partition coefficient (Wildman–Crippen LogP) is 1.44. The molecule has 6 nitrogen and oxygen atoms in total. The second kappa shape index (κ2) is 6.65. The second-order valence-electron chi connectivity index (χ2n) is 5.80. The maximum atomic E-state index is 12.9. The summed E-state index contributed by atoms with van der Waals surface area (Å²) in [5, 5.41) is 22.1. The van der Waals surface area contributed by atoms with Gasteiger partial charge < -0.3 is 15.3 Å². The van der Waals surface area contributed by atoms with E-state index in [1.165, 1.54) is 11.9 Å². The van der Waals surface area contributed by atoms with Crippen molar-refractivity contribution in [2.75, 3.05) is 25.0 Å². The van der Waals surface area contributed by atoms with Gasteiger partial charge in [0.25, 0.3) is 0 Å². The van der Waals surface area contributed by atoms with Crippen molar-refractivity contribution < 1.29 is 23.1 Å². The molecule has 9 heteroatoms. The number of aromatic nitrogens is 1. The zero-order valence-corrected chi connectivity index (χ0v) is 13.0. The number of β-amino-alcohol motifs (C(OH)–C–C–N with tert-alkyl or cyclic N) is 1. The van der Waals surface area contributed by atoms with Crippen LogP contribution >= 0.6 is 0 Å². The summed E-state index contributed by atoms with van der Waals surface area (Å²) >= 11 is 0. The van der Waals surface area contributed by atoms with Gasteiger partial charge in [0.05, 0.1) is 23.3 Å². The highest BCUT2D eigenvalue weighted by Crippen LogP contribution is 2.34. The van der Waals surface area contributed by atoms with Crippen LogP contribution in [0.1, 0.15) is 30.5 Å². The molecule has 0 radical (unpaired) electrons. The molecule has 0 aliphatic carbocycles. The van der Waals surface area contributed by atoms with E-state index in [4.69, 9.17) is 5.26 Å². The minimum absolute atomic E-state index is 0.0161. The van der Waals surface area contributed by atoms with Gasteiger partial charge in [0, 0.05) is 26.3 Å². The first kappa shape index (κ1) is 18.0. The number of nitrogens with one attached hydrogen (secondary N) is 1. The van der Waals surface area contributed by atoms with Crippen LogP contribution in [0.4, 0.5) is 18.9 Å². The monoisotopic (exact) mass is 342 g/mol. The Morgan fingerprint density at radius 1 is 1.58 bits per heavy atom. The van der Waals surface area contributed by atoms with Gasteiger partial charge in [-0.1, -0.05) is 0 Å². The van der Waals surface area contributed by atoms with Crippen LogP contribution < -0.4 is 10.2 Å². The van der Waals surface area contributed by atoms with E-state index >= 15 is 0 Å². The number of hydrogen-bond donors (Lipinski definition) is 2. The van der Waals surface area contributed by atoms with Gasteiger partial charge in [-0.05, 0) is 18.9 Å². The third-order valence-electron chi connectivity index (χ3n) is 3.97. The first-order valence-electron chi connectivity index (χ1n) is 7.34. The van der Waals surface area contributed by atoms with Crippen molar-refractivity contribution >= 4 is 11.6 Å². The van der Waals surface area contributed by atoms with Crippen LogP contribution in [0.5, 0.6) is 0 Å². The molecule has 1 unspecified atom stereocenters. The Hall–Kier alpha value is -2.34. The Morgan fingerprint density at radius 3 is 2.88 bits per heavy atom. The lowest BCUT2D eigenvalue weighted by Crippen LogP contribution is -2.50. The molecule has 1 aromatic heterocycles. The van der Waals surface area contributed by atoms with Crippen LogP contribution in [0.15, 0.2) is 12.3 Å². The van der Waals surface area contributed by atoms with Gasteiger partial charge in [-0.2, -0.15) is 18.4 Å². The number of aliphatic hydroxyl groups is 1.